The third-order valence-corrected chi connectivity index (χ3v) is 5.30. The summed E-state index contributed by atoms with van der Waals surface area (Å²) in [6.45, 7) is 5.30. The van der Waals surface area contributed by atoms with Crippen LogP contribution in [-0.2, 0) is 9.47 Å². The lowest BCUT2D eigenvalue weighted by molar-refractivity contribution is 0.0257. The van der Waals surface area contributed by atoms with Crippen LogP contribution < -0.4 is 0 Å². The summed E-state index contributed by atoms with van der Waals surface area (Å²) in [5.41, 5.74) is 2.14. The van der Waals surface area contributed by atoms with Crippen LogP contribution in [0.2, 0.25) is 0 Å². The summed E-state index contributed by atoms with van der Waals surface area (Å²) in [5.74, 6) is 0.532. The van der Waals surface area contributed by atoms with Crippen LogP contribution in [0, 0.1) is 11.3 Å². The Bertz CT molecular complexity index is 640. The number of benzene rings is 1. The zero-order valence-electron chi connectivity index (χ0n) is 13.8. The van der Waals surface area contributed by atoms with Crippen molar-refractivity contribution in [2.45, 2.75) is 38.8 Å². The van der Waals surface area contributed by atoms with Crippen molar-refractivity contribution in [2.75, 3.05) is 20.8 Å². The SMILES string of the molecule is COCC1(C(C)C)CC(n2nnc3ccccc32)[C@H](OC)C1. The van der Waals surface area contributed by atoms with Gasteiger partial charge in [-0.1, -0.05) is 31.2 Å². The van der Waals surface area contributed by atoms with Gasteiger partial charge in [0.2, 0.25) is 0 Å². The first-order valence-corrected chi connectivity index (χ1v) is 7.93. The van der Waals surface area contributed by atoms with Crippen molar-refractivity contribution in [3.05, 3.63) is 24.3 Å². The van der Waals surface area contributed by atoms with Crippen molar-refractivity contribution in [3.8, 4) is 0 Å². The zero-order valence-corrected chi connectivity index (χ0v) is 13.8. The van der Waals surface area contributed by atoms with E-state index in [1.807, 2.05) is 22.9 Å². The van der Waals surface area contributed by atoms with Crippen LogP contribution in [0.15, 0.2) is 24.3 Å². The maximum absolute atomic E-state index is 5.80. The molecule has 2 unspecified atom stereocenters. The molecule has 0 aliphatic heterocycles. The summed E-state index contributed by atoms with van der Waals surface area (Å²) < 4.78 is 13.4. The Morgan fingerprint density at radius 2 is 2.05 bits per heavy atom. The van der Waals surface area contributed by atoms with E-state index in [4.69, 9.17) is 9.47 Å². The molecule has 0 bridgehead atoms. The molecule has 1 aromatic carbocycles. The molecule has 5 heteroatoms. The third-order valence-electron chi connectivity index (χ3n) is 5.30. The van der Waals surface area contributed by atoms with Crippen molar-refractivity contribution < 1.29 is 9.47 Å². The number of nitrogens with zero attached hydrogens (tertiary/aromatic N) is 3. The fraction of sp³-hybridized carbons (Fsp3) is 0.647. The lowest BCUT2D eigenvalue weighted by atomic mass is 9.76. The minimum atomic E-state index is 0.132. The first-order chi connectivity index (χ1) is 10.6. The molecule has 5 nitrogen and oxygen atoms in total. The van der Waals surface area contributed by atoms with E-state index in [9.17, 15) is 0 Å². The number of hydrogen-bond donors (Lipinski definition) is 0. The molecule has 1 aliphatic carbocycles. The topological polar surface area (TPSA) is 49.2 Å². The van der Waals surface area contributed by atoms with Gasteiger partial charge in [0.25, 0.3) is 0 Å². The van der Waals surface area contributed by atoms with E-state index in [0.717, 1.165) is 30.5 Å². The molecule has 0 spiro atoms. The molecule has 120 valence electrons. The molecule has 1 aromatic heterocycles. The summed E-state index contributed by atoms with van der Waals surface area (Å²) >= 11 is 0. The van der Waals surface area contributed by atoms with E-state index in [0.29, 0.717) is 5.92 Å². The number of ether oxygens (including phenoxy) is 2. The Morgan fingerprint density at radius 3 is 2.73 bits per heavy atom. The van der Waals surface area contributed by atoms with Gasteiger partial charge in [-0.05, 0) is 30.9 Å². The van der Waals surface area contributed by atoms with E-state index in [2.05, 4.69) is 30.2 Å². The number of hydrogen-bond acceptors (Lipinski definition) is 4. The van der Waals surface area contributed by atoms with Crippen molar-refractivity contribution in [1.82, 2.24) is 15.0 Å². The van der Waals surface area contributed by atoms with E-state index in [1.165, 1.54) is 0 Å². The fourth-order valence-electron chi connectivity index (χ4n) is 3.83. The number of aromatic nitrogens is 3. The smallest absolute Gasteiger partial charge is 0.113 e. The number of rotatable bonds is 5. The van der Waals surface area contributed by atoms with Crippen molar-refractivity contribution in [1.29, 1.82) is 0 Å². The second-order valence-electron chi connectivity index (χ2n) is 6.72. The van der Waals surface area contributed by atoms with E-state index in [1.54, 1.807) is 14.2 Å². The van der Waals surface area contributed by atoms with Crippen LogP contribution in [0.5, 0.6) is 0 Å². The molecule has 0 N–H and O–H groups in total. The summed E-state index contributed by atoms with van der Waals surface area (Å²) in [7, 11) is 3.57. The molecule has 1 fully saturated rings. The second kappa shape index (κ2) is 5.97. The molecular weight excluding hydrogens is 278 g/mol. The predicted molar refractivity (Wildman–Crippen MR) is 85.7 cm³/mol. The van der Waals surface area contributed by atoms with Gasteiger partial charge in [-0.2, -0.15) is 0 Å². The first-order valence-electron chi connectivity index (χ1n) is 7.93. The Morgan fingerprint density at radius 1 is 1.27 bits per heavy atom. The van der Waals surface area contributed by atoms with Crippen molar-refractivity contribution >= 4 is 11.0 Å². The molecule has 0 radical (unpaired) electrons. The molecule has 22 heavy (non-hydrogen) atoms. The van der Waals surface area contributed by atoms with E-state index < -0.39 is 0 Å². The molecule has 3 rings (SSSR count). The Balaban J connectivity index is 1.99. The summed E-state index contributed by atoms with van der Waals surface area (Å²) in [6.07, 6.45) is 2.14. The first kappa shape index (κ1) is 15.4. The maximum atomic E-state index is 5.80. The number of para-hydroxylation sites is 1. The molecule has 1 heterocycles. The molecule has 1 saturated carbocycles. The standard InChI is InChI=1S/C17H25N3O2/c1-12(2)17(11-21-3)9-15(16(10-17)22-4)20-14-8-6-5-7-13(14)18-19-20/h5-8,12,15-16H,9-11H2,1-4H3/t15?,16-,17?/m1/s1. The molecule has 2 aromatic rings. The van der Waals surface area contributed by atoms with E-state index >= 15 is 0 Å². The quantitative estimate of drug-likeness (QED) is 0.852. The molecule has 1 aliphatic rings. The normalized spacial score (nSPS) is 28.8. The monoisotopic (exact) mass is 303 g/mol. The summed E-state index contributed by atoms with van der Waals surface area (Å²) in [4.78, 5) is 0. The lowest BCUT2D eigenvalue weighted by Crippen LogP contribution is -2.30. The second-order valence-corrected chi connectivity index (χ2v) is 6.72. The van der Waals surface area contributed by atoms with Gasteiger partial charge in [-0.15, -0.1) is 5.10 Å². The van der Waals surface area contributed by atoms with Gasteiger partial charge in [0.05, 0.1) is 24.3 Å². The third kappa shape index (κ3) is 2.42. The van der Waals surface area contributed by atoms with Gasteiger partial charge in [-0.25, -0.2) is 4.68 Å². The summed E-state index contributed by atoms with van der Waals surface area (Å²) in [5, 5.41) is 8.70. The van der Waals surface area contributed by atoms with Crippen LogP contribution in [0.1, 0.15) is 32.7 Å². The van der Waals surface area contributed by atoms with Crippen LogP contribution in [0.4, 0.5) is 0 Å². The van der Waals surface area contributed by atoms with Gasteiger partial charge in [-0.3, -0.25) is 0 Å². The van der Waals surface area contributed by atoms with Crippen LogP contribution in [-0.4, -0.2) is 41.9 Å². The predicted octanol–water partition coefficient (Wildman–Crippen LogP) is 3.07. The fourth-order valence-corrected chi connectivity index (χ4v) is 3.83. The summed E-state index contributed by atoms with van der Waals surface area (Å²) in [6, 6.07) is 8.31. The molecule has 0 amide bonds. The largest absolute Gasteiger partial charge is 0.384 e. The highest BCUT2D eigenvalue weighted by atomic mass is 16.5. The van der Waals surface area contributed by atoms with Gasteiger partial charge in [0.15, 0.2) is 0 Å². The molecule has 0 saturated heterocycles. The van der Waals surface area contributed by atoms with Crippen LogP contribution in [0.3, 0.4) is 0 Å². The highest BCUT2D eigenvalue weighted by Crippen LogP contribution is 2.50. The maximum Gasteiger partial charge on any atom is 0.113 e. The minimum absolute atomic E-state index is 0.132. The van der Waals surface area contributed by atoms with Gasteiger partial charge in [0.1, 0.15) is 5.52 Å². The van der Waals surface area contributed by atoms with Crippen molar-refractivity contribution in [2.24, 2.45) is 11.3 Å². The Labute approximate surface area is 131 Å². The average molecular weight is 303 g/mol. The average Bonchev–Trinajstić information content (AvgIpc) is 3.09. The van der Waals surface area contributed by atoms with Crippen LogP contribution in [0.25, 0.3) is 11.0 Å². The number of fused-ring (bicyclic) bond motifs is 1. The lowest BCUT2D eigenvalue weighted by Gasteiger charge is -2.32. The van der Waals surface area contributed by atoms with Gasteiger partial charge in [0, 0.05) is 19.6 Å². The van der Waals surface area contributed by atoms with Crippen molar-refractivity contribution in [3.63, 3.8) is 0 Å². The van der Waals surface area contributed by atoms with Gasteiger partial charge >= 0.3 is 0 Å². The highest BCUT2D eigenvalue weighted by Gasteiger charge is 2.49. The molecule has 3 atom stereocenters. The Kier molecular flexibility index (Phi) is 4.19. The minimum Gasteiger partial charge on any atom is -0.384 e. The molecular formula is C17H25N3O2. The van der Waals surface area contributed by atoms with Crippen LogP contribution >= 0.6 is 0 Å². The highest BCUT2D eigenvalue weighted by molar-refractivity contribution is 5.74. The number of methoxy groups -OCH3 is 2. The van der Waals surface area contributed by atoms with E-state index in [-0.39, 0.29) is 17.6 Å². The Hall–Kier alpha value is -1.46. The van der Waals surface area contributed by atoms with Gasteiger partial charge < -0.3 is 9.47 Å². The zero-order chi connectivity index (χ0) is 15.7.